The van der Waals surface area contributed by atoms with E-state index in [-0.39, 0.29) is 11.9 Å². The van der Waals surface area contributed by atoms with Gasteiger partial charge >= 0.3 is 0 Å². The summed E-state index contributed by atoms with van der Waals surface area (Å²) in [4.78, 5) is 14.4. The Bertz CT molecular complexity index is 429. The normalized spacial score (nSPS) is 10.4. The highest BCUT2D eigenvalue weighted by Crippen LogP contribution is 2.10. The van der Waals surface area contributed by atoms with Gasteiger partial charge < -0.3 is 10.6 Å². The van der Waals surface area contributed by atoms with E-state index < -0.39 is 0 Å². The molecule has 0 unspecified atom stereocenters. The topological polar surface area (TPSA) is 46.3 Å². The Balaban J connectivity index is 3.03. The summed E-state index contributed by atoms with van der Waals surface area (Å²) in [7, 11) is 0. The van der Waals surface area contributed by atoms with Crippen molar-refractivity contribution in [3.8, 4) is 0 Å². The van der Waals surface area contributed by atoms with Crippen molar-refractivity contribution >= 4 is 23.1 Å². The van der Waals surface area contributed by atoms with E-state index in [2.05, 4.69) is 0 Å². The highest BCUT2D eigenvalue weighted by molar-refractivity contribution is 7.80. The highest BCUT2D eigenvalue weighted by atomic mass is 32.1. The van der Waals surface area contributed by atoms with E-state index >= 15 is 0 Å². The first-order valence-electron chi connectivity index (χ1n) is 5.68. The van der Waals surface area contributed by atoms with Gasteiger partial charge in [-0.3, -0.25) is 4.79 Å². The molecule has 0 fully saturated rings. The first kappa shape index (κ1) is 13.6. The molecule has 0 saturated carbocycles. The van der Waals surface area contributed by atoms with Crippen LogP contribution >= 0.6 is 12.2 Å². The lowest BCUT2D eigenvalue weighted by molar-refractivity contribution is 0.0717. The van der Waals surface area contributed by atoms with Crippen molar-refractivity contribution in [1.29, 1.82) is 0 Å². The lowest BCUT2D eigenvalue weighted by Gasteiger charge is -2.25. The number of amides is 1. The fourth-order valence-corrected chi connectivity index (χ4v) is 1.84. The van der Waals surface area contributed by atoms with Crippen molar-refractivity contribution in [2.24, 2.45) is 5.73 Å². The van der Waals surface area contributed by atoms with E-state index in [1.807, 2.05) is 26.8 Å². The number of rotatable bonds is 4. The number of benzene rings is 1. The van der Waals surface area contributed by atoms with Gasteiger partial charge in [-0.05, 0) is 32.9 Å². The number of thiocarbonyl (C=S) groups is 1. The standard InChI is InChI=1S/C13H18N2OS/c1-4-15(9(2)3)13(16)11-7-5-6-10(8-11)12(14)17/h5-9H,4H2,1-3H3,(H2,14,17). The SMILES string of the molecule is CCN(C(=O)c1cccc(C(N)=S)c1)C(C)C. The fraction of sp³-hybridized carbons (Fsp3) is 0.385. The predicted molar refractivity (Wildman–Crippen MR) is 74.2 cm³/mol. The second-order valence-corrected chi connectivity index (χ2v) is 4.57. The number of carbonyl (C=O) groups excluding carboxylic acids is 1. The predicted octanol–water partition coefficient (Wildman–Crippen LogP) is 2.19. The molecule has 92 valence electrons. The summed E-state index contributed by atoms with van der Waals surface area (Å²) >= 11 is 4.91. The van der Waals surface area contributed by atoms with Crippen LogP contribution in [0.4, 0.5) is 0 Å². The molecule has 0 aliphatic carbocycles. The van der Waals surface area contributed by atoms with Crippen LogP contribution < -0.4 is 5.73 Å². The zero-order valence-electron chi connectivity index (χ0n) is 10.4. The third kappa shape index (κ3) is 3.27. The van der Waals surface area contributed by atoms with Crippen molar-refractivity contribution in [3.63, 3.8) is 0 Å². The minimum Gasteiger partial charge on any atom is -0.389 e. The van der Waals surface area contributed by atoms with Crippen LogP contribution in [-0.4, -0.2) is 28.4 Å². The zero-order valence-corrected chi connectivity index (χ0v) is 11.3. The van der Waals surface area contributed by atoms with Crippen molar-refractivity contribution in [3.05, 3.63) is 35.4 Å². The summed E-state index contributed by atoms with van der Waals surface area (Å²) in [6, 6.07) is 7.33. The van der Waals surface area contributed by atoms with Gasteiger partial charge in [0, 0.05) is 23.7 Å². The van der Waals surface area contributed by atoms with Crippen molar-refractivity contribution in [2.45, 2.75) is 26.8 Å². The molecular formula is C13H18N2OS. The molecule has 2 N–H and O–H groups in total. The second kappa shape index (κ2) is 5.77. The smallest absolute Gasteiger partial charge is 0.254 e. The van der Waals surface area contributed by atoms with E-state index in [1.54, 1.807) is 23.1 Å². The molecule has 3 nitrogen and oxygen atoms in total. The Kier molecular flexibility index (Phi) is 4.63. The van der Waals surface area contributed by atoms with Crippen LogP contribution in [0.3, 0.4) is 0 Å². The molecule has 1 aromatic rings. The van der Waals surface area contributed by atoms with E-state index in [9.17, 15) is 4.79 Å². The first-order chi connectivity index (χ1) is 7.97. The molecule has 0 atom stereocenters. The molecule has 0 heterocycles. The number of carbonyl (C=O) groups is 1. The lowest BCUT2D eigenvalue weighted by atomic mass is 10.1. The van der Waals surface area contributed by atoms with Gasteiger partial charge in [0.2, 0.25) is 0 Å². The average molecular weight is 250 g/mol. The average Bonchev–Trinajstić information content (AvgIpc) is 2.29. The molecule has 0 aliphatic rings. The summed E-state index contributed by atoms with van der Waals surface area (Å²) in [5.74, 6) is 0.0144. The van der Waals surface area contributed by atoms with Crippen molar-refractivity contribution in [1.82, 2.24) is 4.90 Å². The first-order valence-corrected chi connectivity index (χ1v) is 6.09. The largest absolute Gasteiger partial charge is 0.389 e. The minimum absolute atomic E-state index is 0.0144. The molecule has 17 heavy (non-hydrogen) atoms. The molecular weight excluding hydrogens is 232 g/mol. The lowest BCUT2D eigenvalue weighted by Crippen LogP contribution is -2.36. The Labute approximate surface area is 108 Å². The molecule has 0 aliphatic heterocycles. The van der Waals surface area contributed by atoms with Gasteiger partial charge in [0.1, 0.15) is 4.99 Å². The van der Waals surface area contributed by atoms with Crippen LogP contribution in [0.5, 0.6) is 0 Å². The van der Waals surface area contributed by atoms with Gasteiger partial charge in [0.15, 0.2) is 0 Å². The molecule has 0 saturated heterocycles. The van der Waals surface area contributed by atoms with Gasteiger partial charge in [-0.25, -0.2) is 0 Å². The van der Waals surface area contributed by atoms with Gasteiger partial charge in [-0.2, -0.15) is 0 Å². The van der Waals surface area contributed by atoms with Crippen LogP contribution in [0, 0.1) is 0 Å². The van der Waals surface area contributed by atoms with Crippen molar-refractivity contribution in [2.75, 3.05) is 6.54 Å². The van der Waals surface area contributed by atoms with E-state index in [4.69, 9.17) is 18.0 Å². The maximum Gasteiger partial charge on any atom is 0.254 e. The van der Waals surface area contributed by atoms with Crippen molar-refractivity contribution < 1.29 is 4.79 Å². The molecule has 1 amide bonds. The van der Waals surface area contributed by atoms with Gasteiger partial charge in [0.25, 0.3) is 5.91 Å². The van der Waals surface area contributed by atoms with E-state index in [1.165, 1.54) is 0 Å². The van der Waals surface area contributed by atoms with Crippen LogP contribution in [0.1, 0.15) is 36.7 Å². The summed E-state index contributed by atoms with van der Waals surface area (Å²) in [5, 5.41) is 0. The monoisotopic (exact) mass is 250 g/mol. The maximum absolute atomic E-state index is 12.2. The summed E-state index contributed by atoms with van der Waals surface area (Å²) in [6.45, 7) is 6.65. The van der Waals surface area contributed by atoms with Gasteiger partial charge in [0.05, 0.1) is 0 Å². The molecule has 1 aromatic carbocycles. The van der Waals surface area contributed by atoms with Crippen LogP contribution in [-0.2, 0) is 0 Å². The Morgan fingerprint density at radius 3 is 2.47 bits per heavy atom. The summed E-state index contributed by atoms with van der Waals surface area (Å²) in [6.07, 6.45) is 0. The molecule has 4 heteroatoms. The molecule has 0 spiro atoms. The fourth-order valence-electron chi connectivity index (χ4n) is 1.71. The molecule has 1 rings (SSSR count). The Morgan fingerprint density at radius 1 is 1.41 bits per heavy atom. The number of nitrogens with zero attached hydrogens (tertiary/aromatic N) is 1. The third-order valence-electron chi connectivity index (χ3n) is 2.62. The maximum atomic E-state index is 12.2. The van der Waals surface area contributed by atoms with Crippen LogP contribution in [0.15, 0.2) is 24.3 Å². The summed E-state index contributed by atoms with van der Waals surface area (Å²) < 4.78 is 0. The van der Waals surface area contributed by atoms with E-state index in [0.29, 0.717) is 17.1 Å². The van der Waals surface area contributed by atoms with Crippen LogP contribution in [0.25, 0.3) is 0 Å². The number of hydrogen-bond acceptors (Lipinski definition) is 2. The van der Waals surface area contributed by atoms with Crippen LogP contribution in [0.2, 0.25) is 0 Å². The number of hydrogen-bond donors (Lipinski definition) is 1. The highest BCUT2D eigenvalue weighted by Gasteiger charge is 2.17. The zero-order chi connectivity index (χ0) is 13.0. The molecule has 0 bridgehead atoms. The summed E-state index contributed by atoms with van der Waals surface area (Å²) in [5.41, 5.74) is 6.92. The minimum atomic E-state index is 0.0144. The molecule has 0 aromatic heterocycles. The van der Waals surface area contributed by atoms with Gasteiger partial charge in [-0.1, -0.05) is 24.4 Å². The Morgan fingerprint density at radius 2 is 2.00 bits per heavy atom. The number of nitrogens with two attached hydrogens (primary N) is 1. The third-order valence-corrected chi connectivity index (χ3v) is 2.85. The second-order valence-electron chi connectivity index (χ2n) is 4.13. The quantitative estimate of drug-likeness (QED) is 0.833. The Hall–Kier alpha value is -1.42. The van der Waals surface area contributed by atoms with Gasteiger partial charge in [-0.15, -0.1) is 0 Å². The molecule has 0 radical (unpaired) electrons. The van der Waals surface area contributed by atoms with E-state index in [0.717, 1.165) is 5.56 Å².